The van der Waals surface area contributed by atoms with E-state index in [2.05, 4.69) is 80.9 Å². The molecule has 3 atom stereocenters. The molecule has 1 saturated heterocycles. The molecule has 1 aliphatic carbocycles. The molecule has 0 N–H and O–H groups in total. The molecule has 3 aromatic rings. The third-order valence-electron chi connectivity index (χ3n) is 8.06. The van der Waals surface area contributed by atoms with Crippen molar-refractivity contribution in [2.24, 2.45) is 5.92 Å². The summed E-state index contributed by atoms with van der Waals surface area (Å²) in [7, 11) is 2.20. The predicted molar refractivity (Wildman–Crippen MR) is 149 cm³/mol. The van der Waals surface area contributed by atoms with Crippen molar-refractivity contribution in [3.05, 3.63) is 87.9 Å². The van der Waals surface area contributed by atoms with E-state index in [1.165, 1.54) is 11.3 Å². The van der Waals surface area contributed by atoms with Gasteiger partial charge in [-0.3, -0.25) is 14.3 Å². The quantitative estimate of drug-likeness (QED) is 0.484. The molecule has 0 amide bonds. The minimum atomic E-state index is -0.00985. The van der Waals surface area contributed by atoms with Crippen LogP contribution < -0.4 is 10.5 Å². The Hall–Kier alpha value is -3.62. The van der Waals surface area contributed by atoms with Gasteiger partial charge < -0.3 is 4.90 Å². The van der Waals surface area contributed by atoms with Crippen LogP contribution in [0.25, 0.3) is 22.0 Å². The van der Waals surface area contributed by atoms with Crippen molar-refractivity contribution in [2.45, 2.75) is 46.2 Å². The molecule has 1 fully saturated rings. The topological polar surface area (TPSA) is 52.3 Å². The number of anilines is 1. The number of likely N-dealkylation sites (N-methyl/N-ethyl adjacent to an activating group) is 1. The molecule has 3 unspecified atom stereocenters. The van der Waals surface area contributed by atoms with E-state index in [1.807, 2.05) is 30.5 Å². The van der Waals surface area contributed by atoms with Gasteiger partial charge in [0.1, 0.15) is 0 Å². The second-order valence-corrected chi connectivity index (χ2v) is 10.5. The van der Waals surface area contributed by atoms with Crippen LogP contribution in [0.1, 0.15) is 38.3 Å². The van der Waals surface area contributed by atoms with Gasteiger partial charge in [0.05, 0.1) is 6.07 Å². The van der Waals surface area contributed by atoms with Gasteiger partial charge in [-0.2, -0.15) is 5.26 Å². The number of nitriles is 1. The average Bonchev–Trinajstić information content (AvgIpc) is 2.88. The largest absolute Gasteiger partial charge is 0.368 e. The van der Waals surface area contributed by atoms with Crippen molar-refractivity contribution >= 4 is 22.0 Å². The van der Waals surface area contributed by atoms with Gasteiger partial charge >= 0.3 is 0 Å². The van der Waals surface area contributed by atoms with Crippen LogP contribution >= 0.6 is 0 Å². The average molecular weight is 479 g/mol. The van der Waals surface area contributed by atoms with Gasteiger partial charge in [-0.1, -0.05) is 25.1 Å². The fraction of sp³-hybridized carbons (Fsp3) is 0.355. The van der Waals surface area contributed by atoms with Crippen LogP contribution in [-0.2, 0) is 0 Å². The fourth-order valence-corrected chi connectivity index (χ4v) is 5.77. The molecule has 0 radical (unpaired) electrons. The number of aromatic nitrogens is 1. The Bertz CT molecular complexity index is 1460. The highest BCUT2D eigenvalue weighted by Crippen LogP contribution is 2.36. The molecule has 0 spiro atoms. The number of pyridine rings is 1. The summed E-state index contributed by atoms with van der Waals surface area (Å²) in [6.07, 6.45) is 6.65. The molecule has 1 aliphatic heterocycles. The Kier molecular flexibility index (Phi) is 6.32. The number of piperazine rings is 1. The Labute approximate surface area is 213 Å². The van der Waals surface area contributed by atoms with Crippen molar-refractivity contribution in [1.29, 1.82) is 5.26 Å². The molecule has 5 heteroatoms. The van der Waals surface area contributed by atoms with Crippen LogP contribution in [0.2, 0.25) is 0 Å². The lowest BCUT2D eigenvalue weighted by Crippen LogP contribution is -2.55. The van der Waals surface area contributed by atoms with Crippen LogP contribution in [0.3, 0.4) is 0 Å². The van der Waals surface area contributed by atoms with E-state index in [4.69, 9.17) is 0 Å². The highest BCUT2D eigenvalue weighted by Gasteiger charge is 2.26. The Morgan fingerprint density at radius 2 is 1.61 bits per heavy atom. The first-order valence-corrected chi connectivity index (χ1v) is 12.8. The van der Waals surface area contributed by atoms with E-state index in [1.54, 1.807) is 4.57 Å². The van der Waals surface area contributed by atoms with Gasteiger partial charge in [0, 0.05) is 53.7 Å². The zero-order valence-electron chi connectivity index (χ0n) is 21.8. The standard InChI is InChI=1S/C31H34N4O/c1-20-15-24(16-32)9-14-27(20)28-7-6-8-29-30(28)21(2)17-35(31(29)36)26-12-10-25(11-13-26)34-18-22(3)33(5)23(4)19-34/h6-14,17,20,22-23H,15,18-19H2,1-5H3. The van der Waals surface area contributed by atoms with Gasteiger partial charge in [-0.15, -0.1) is 0 Å². The summed E-state index contributed by atoms with van der Waals surface area (Å²) in [6.45, 7) is 10.8. The number of nitrogens with zero attached hydrogens (tertiary/aromatic N) is 4. The first-order valence-electron chi connectivity index (χ1n) is 12.8. The van der Waals surface area contributed by atoms with Gasteiger partial charge in [0.25, 0.3) is 5.56 Å². The molecule has 36 heavy (non-hydrogen) atoms. The van der Waals surface area contributed by atoms with Crippen LogP contribution in [0, 0.1) is 24.2 Å². The van der Waals surface area contributed by atoms with Crippen LogP contribution in [-0.4, -0.2) is 41.7 Å². The number of rotatable bonds is 3. The molecular weight excluding hydrogens is 444 g/mol. The Morgan fingerprint density at radius 1 is 0.944 bits per heavy atom. The lowest BCUT2D eigenvalue weighted by Gasteiger charge is -2.43. The van der Waals surface area contributed by atoms with Crippen molar-refractivity contribution in [2.75, 3.05) is 25.0 Å². The van der Waals surface area contributed by atoms with Crippen molar-refractivity contribution < 1.29 is 0 Å². The molecule has 2 heterocycles. The highest BCUT2D eigenvalue weighted by molar-refractivity contribution is 5.96. The summed E-state index contributed by atoms with van der Waals surface area (Å²) in [5, 5.41) is 11.0. The molecular formula is C31H34N4O. The molecule has 5 rings (SSSR count). The Morgan fingerprint density at radius 3 is 2.25 bits per heavy atom. The number of hydrogen-bond donors (Lipinski definition) is 0. The molecule has 2 aliphatic rings. The summed E-state index contributed by atoms with van der Waals surface area (Å²) >= 11 is 0. The first-order chi connectivity index (χ1) is 17.3. The third-order valence-corrected chi connectivity index (χ3v) is 8.06. The van der Waals surface area contributed by atoms with Gasteiger partial charge in [0.15, 0.2) is 0 Å². The van der Waals surface area contributed by atoms with Crippen molar-refractivity contribution in [1.82, 2.24) is 9.47 Å². The second-order valence-electron chi connectivity index (χ2n) is 10.5. The first kappa shape index (κ1) is 24.1. The number of allylic oxidation sites excluding steroid dienone is 4. The van der Waals surface area contributed by atoms with Gasteiger partial charge in [-0.05, 0) is 98.7 Å². The van der Waals surface area contributed by atoms with Crippen LogP contribution in [0.15, 0.2) is 71.2 Å². The molecule has 0 saturated carbocycles. The van der Waals surface area contributed by atoms with Crippen LogP contribution in [0.5, 0.6) is 0 Å². The van der Waals surface area contributed by atoms with E-state index < -0.39 is 0 Å². The number of aryl methyl sites for hydroxylation is 1. The number of fused-ring (bicyclic) bond motifs is 1. The maximum absolute atomic E-state index is 13.7. The van der Waals surface area contributed by atoms with E-state index in [9.17, 15) is 10.1 Å². The molecule has 2 aromatic carbocycles. The van der Waals surface area contributed by atoms with E-state index in [-0.39, 0.29) is 11.5 Å². The summed E-state index contributed by atoms with van der Waals surface area (Å²) in [4.78, 5) is 18.5. The smallest absolute Gasteiger partial charge is 0.262 e. The second kappa shape index (κ2) is 9.44. The number of hydrogen-bond acceptors (Lipinski definition) is 4. The van der Waals surface area contributed by atoms with Crippen molar-refractivity contribution in [3.63, 3.8) is 0 Å². The van der Waals surface area contributed by atoms with Gasteiger partial charge in [0.2, 0.25) is 0 Å². The minimum Gasteiger partial charge on any atom is -0.368 e. The molecule has 0 bridgehead atoms. The van der Waals surface area contributed by atoms with E-state index >= 15 is 0 Å². The Balaban J connectivity index is 1.53. The zero-order chi connectivity index (χ0) is 25.6. The lowest BCUT2D eigenvalue weighted by atomic mass is 9.83. The SMILES string of the molecule is Cc1cn(-c2ccc(N3CC(C)N(C)C(C)C3)cc2)c(=O)c2cccc(C3=CC=C(C#N)CC3C)c12. The molecule has 5 nitrogen and oxygen atoms in total. The normalized spacial score (nSPS) is 22.8. The fourth-order valence-electron chi connectivity index (χ4n) is 5.77. The summed E-state index contributed by atoms with van der Waals surface area (Å²) in [5.74, 6) is 0.227. The molecule has 1 aromatic heterocycles. The predicted octanol–water partition coefficient (Wildman–Crippen LogP) is 5.70. The summed E-state index contributed by atoms with van der Waals surface area (Å²) < 4.78 is 1.77. The lowest BCUT2D eigenvalue weighted by molar-refractivity contribution is 0.170. The van der Waals surface area contributed by atoms with E-state index in [0.717, 1.165) is 52.7 Å². The maximum Gasteiger partial charge on any atom is 0.262 e. The minimum absolute atomic E-state index is 0.00985. The van der Waals surface area contributed by atoms with E-state index in [0.29, 0.717) is 12.1 Å². The highest BCUT2D eigenvalue weighted by atomic mass is 16.1. The monoisotopic (exact) mass is 478 g/mol. The molecule has 184 valence electrons. The maximum atomic E-state index is 13.7. The van der Waals surface area contributed by atoms with Gasteiger partial charge in [-0.25, -0.2) is 0 Å². The summed E-state index contributed by atoms with van der Waals surface area (Å²) in [6, 6.07) is 17.6. The number of benzene rings is 2. The van der Waals surface area contributed by atoms with Crippen LogP contribution in [0.4, 0.5) is 5.69 Å². The van der Waals surface area contributed by atoms with Crippen molar-refractivity contribution in [3.8, 4) is 11.8 Å². The third kappa shape index (κ3) is 4.16. The zero-order valence-corrected chi connectivity index (χ0v) is 21.8. The summed E-state index contributed by atoms with van der Waals surface area (Å²) in [5.41, 5.74) is 6.19.